The molecule has 1 aliphatic rings. The maximum absolute atomic E-state index is 10.9. The number of aryl methyl sites for hydroxylation is 1. The molecule has 0 bridgehead atoms. The van der Waals surface area contributed by atoms with Crippen LogP contribution < -0.4 is 5.32 Å². The van der Waals surface area contributed by atoms with E-state index >= 15 is 0 Å². The van der Waals surface area contributed by atoms with Crippen LogP contribution in [0.1, 0.15) is 48.2 Å². The van der Waals surface area contributed by atoms with Crippen LogP contribution in [0.15, 0.2) is 12.1 Å². The number of nitrogens with zero attached hydrogens (tertiary/aromatic N) is 1. The third-order valence-electron chi connectivity index (χ3n) is 3.65. The Hall–Kier alpha value is -1.58. The zero-order chi connectivity index (χ0) is 13.0. The number of carboxylic acid groups (broad SMARTS) is 1. The highest BCUT2D eigenvalue weighted by Crippen LogP contribution is 2.27. The number of pyridine rings is 1. The van der Waals surface area contributed by atoms with Gasteiger partial charge in [0.2, 0.25) is 0 Å². The van der Waals surface area contributed by atoms with Crippen LogP contribution in [0.5, 0.6) is 0 Å². The second-order valence-electron chi connectivity index (χ2n) is 5.00. The summed E-state index contributed by atoms with van der Waals surface area (Å²) < 4.78 is 0. The summed E-state index contributed by atoms with van der Waals surface area (Å²) in [5.74, 6) is 0.713. The van der Waals surface area contributed by atoms with Crippen molar-refractivity contribution in [1.29, 1.82) is 0 Å². The van der Waals surface area contributed by atoms with E-state index in [0.717, 1.165) is 18.3 Å². The van der Waals surface area contributed by atoms with Crippen molar-refractivity contribution >= 4 is 11.8 Å². The zero-order valence-electron chi connectivity index (χ0n) is 10.8. The van der Waals surface area contributed by atoms with E-state index in [4.69, 9.17) is 5.11 Å². The molecule has 4 nitrogen and oxygen atoms in total. The number of aromatic nitrogens is 1. The van der Waals surface area contributed by atoms with Gasteiger partial charge in [-0.2, -0.15) is 0 Å². The first-order valence-electron chi connectivity index (χ1n) is 6.61. The summed E-state index contributed by atoms with van der Waals surface area (Å²) in [6.07, 6.45) is 6.63. The van der Waals surface area contributed by atoms with Crippen LogP contribution in [0, 0.1) is 12.8 Å². The first-order chi connectivity index (χ1) is 8.66. The molecule has 98 valence electrons. The maximum Gasteiger partial charge on any atom is 0.337 e. The number of carbonyl (C=O) groups is 1. The summed E-state index contributed by atoms with van der Waals surface area (Å²) in [7, 11) is 0. The van der Waals surface area contributed by atoms with E-state index in [-0.39, 0.29) is 5.56 Å². The molecule has 0 atom stereocenters. The number of nitrogens with one attached hydrogen (secondary N) is 1. The van der Waals surface area contributed by atoms with Crippen molar-refractivity contribution in [2.45, 2.75) is 39.0 Å². The van der Waals surface area contributed by atoms with Crippen LogP contribution >= 0.6 is 0 Å². The van der Waals surface area contributed by atoms with Gasteiger partial charge < -0.3 is 10.4 Å². The fourth-order valence-corrected chi connectivity index (χ4v) is 2.59. The lowest BCUT2D eigenvalue weighted by molar-refractivity contribution is 0.0695. The molecule has 1 heterocycles. The minimum Gasteiger partial charge on any atom is -0.478 e. The average molecular weight is 248 g/mol. The van der Waals surface area contributed by atoms with Gasteiger partial charge >= 0.3 is 5.97 Å². The van der Waals surface area contributed by atoms with Gasteiger partial charge in [0.1, 0.15) is 5.82 Å². The number of rotatable bonds is 5. The summed E-state index contributed by atoms with van der Waals surface area (Å²) in [4.78, 5) is 15.1. The zero-order valence-corrected chi connectivity index (χ0v) is 10.8. The third-order valence-corrected chi connectivity index (χ3v) is 3.65. The van der Waals surface area contributed by atoms with Gasteiger partial charge in [-0.15, -0.1) is 0 Å². The Morgan fingerprint density at radius 1 is 1.44 bits per heavy atom. The van der Waals surface area contributed by atoms with Crippen LogP contribution in [0.2, 0.25) is 0 Å². The van der Waals surface area contributed by atoms with Crippen LogP contribution in [-0.2, 0) is 0 Å². The summed E-state index contributed by atoms with van der Waals surface area (Å²) >= 11 is 0. The van der Waals surface area contributed by atoms with Crippen LogP contribution in [-0.4, -0.2) is 22.6 Å². The van der Waals surface area contributed by atoms with E-state index in [0.29, 0.717) is 5.69 Å². The van der Waals surface area contributed by atoms with Gasteiger partial charge in [-0.05, 0) is 31.4 Å². The number of hydrogen-bond donors (Lipinski definition) is 2. The van der Waals surface area contributed by atoms with Crippen LogP contribution in [0.25, 0.3) is 0 Å². The molecule has 18 heavy (non-hydrogen) atoms. The first kappa shape index (κ1) is 12.9. The molecule has 0 aromatic carbocycles. The van der Waals surface area contributed by atoms with Gasteiger partial charge in [-0.25, -0.2) is 9.78 Å². The van der Waals surface area contributed by atoms with Crippen molar-refractivity contribution in [1.82, 2.24) is 4.98 Å². The Balaban J connectivity index is 1.85. The van der Waals surface area contributed by atoms with Gasteiger partial charge in [0.15, 0.2) is 0 Å². The van der Waals surface area contributed by atoms with Crippen molar-refractivity contribution in [2.24, 2.45) is 5.92 Å². The molecule has 0 saturated heterocycles. The van der Waals surface area contributed by atoms with Gasteiger partial charge in [0, 0.05) is 6.54 Å². The molecule has 1 fully saturated rings. The largest absolute Gasteiger partial charge is 0.478 e. The highest BCUT2D eigenvalue weighted by Gasteiger charge is 2.14. The molecule has 2 N–H and O–H groups in total. The molecule has 1 aromatic rings. The Kier molecular flexibility index (Phi) is 4.18. The van der Waals surface area contributed by atoms with E-state index in [1.807, 2.05) is 0 Å². The van der Waals surface area contributed by atoms with E-state index in [2.05, 4.69) is 10.3 Å². The normalized spacial score (nSPS) is 15.8. The monoisotopic (exact) mass is 248 g/mol. The lowest BCUT2D eigenvalue weighted by atomic mass is 10.0. The molecule has 1 aromatic heterocycles. The lowest BCUT2D eigenvalue weighted by Crippen LogP contribution is -2.09. The molecule has 0 amide bonds. The average Bonchev–Trinajstić information content (AvgIpc) is 2.81. The van der Waals surface area contributed by atoms with Gasteiger partial charge in [0.25, 0.3) is 0 Å². The quantitative estimate of drug-likeness (QED) is 0.840. The predicted octanol–water partition coefficient (Wildman–Crippen LogP) is 3.08. The lowest BCUT2D eigenvalue weighted by Gasteiger charge is -2.11. The molecule has 0 radical (unpaired) electrons. The minimum atomic E-state index is -0.919. The smallest absolute Gasteiger partial charge is 0.337 e. The number of anilines is 1. The summed E-state index contributed by atoms with van der Waals surface area (Å²) in [6, 6.07) is 3.35. The molecule has 0 unspecified atom stereocenters. The van der Waals surface area contributed by atoms with Crippen molar-refractivity contribution in [2.75, 3.05) is 11.9 Å². The van der Waals surface area contributed by atoms with Crippen LogP contribution in [0.4, 0.5) is 5.82 Å². The topological polar surface area (TPSA) is 62.2 Å². The second kappa shape index (κ2) is 5.85. The predicted molar refractivity (Wildman–Crippen MR) is 71.0 cm³/mol. The standard InChI is InChI=1S/C14H20N2O2/c1-10-12(14(17)18)6-7-13(16-10)15-9-8-11-4-2-3-5-11/h6-7,11H,2-5,8-9H2,1H3,(H,15,16)(H,17,18). The molecule has 4 heteroatoms. The maximum atomic E-state index is 10.9. The van der Waals surface area contributed by atoms with E-state index < -0.39 is 5.97 Å². The highest BCUT2D eigenvalue weighted by molar-refractivity contribution is 5.89. The molecule has 0 spiro atoms. The van der Waals surface area contributed by atoms with E-state index in [1.165, 1.54) is 32.1 Å². The minimum absolute atomic E-state index is 0.274. The Morgan fingerprint density at radius 3 is 2.78 bits per heavy atom. The number of hydrogen-bond acceptors (Lipinski definition) is 3. The summed E-state index contributed by atoms with van der Waals surface area (Å²) in [5.41, 5.74) is 0.838. The van der Waals surface area contributed by atoms with Crippen molar-refractivity contribution in [3.63, 3.8) is 0 Å². The summed E-state index contributed by atoms with van der Waals surface area (Å²) in [5, 5.41) is 12.2. The third kappa shape index (κ3) is 3.22. The Morgan fingerprint density at radius 2 is 2.17 bits per heavy atom. The Bertz CT molecular complexity index is 426. The van der Waals surface area contributed by atoms with Crippen molar-refractivity contribution in [3.8, 4) is 0 Å². The fraction of sp³-hybridized carbons (Fsp3) is 0.571. The highest BCUT2D eigenvalue weighted by atomic mass is 16.4. The second-order valence-corrected chi connectivity index (χ2v) is 5.00. The van der Waals surface area contributed by atoms with Gasteiger partial charge in [-0.1, -0.05) is 25.7 Å². The fourth-order valence-electron chi connectivity index (χ4n) is 2.59. The van der Waals surface area contributed by atoms with Crippen molar-refractivity contribution < 1.29 is 9.90 Å². The molecular formula is C14H20N2O2. The molecular weight excluding hydrogens is 228 g/mol. The van der Waals surface area contributed by atoms with E-state index in [9.17, 15) is 4.79 Å². The van der Waals surface area contributed by atoms with Crippen molar-refractivity contribution in [3.05, 3.63) is 23.4 Å². The van der Waals surface area contributed by atoms with Gasteiger partial charge in [-0.3, -0.25) is 0 Å². The van der Waals surface area contributed by atoms with Gasteiger partial charge in [0.05, 0.1) is 11.3 Å². The molecule has 1 aliphatic carbocycles. The first-order valence-corrected chi connectivity index (χ1v) is 6.61. The molecule has 2 rings (SSSR count). The molecule has 1 saturated carbocycles. The SMILES string of the molecule is Cc1nc(NCCC2CCCC2)ccc1C(=O)O. The van der Waals surface area contributed by atoms with Crippen LogP contribution in [0.3, 0.4) is 0 Å². The number of carboxylic acids is 1. The summed E-state index contributed by atoms with van der Waals surface area (Å²) in [6.45, 7) is 2.65. The van der Waals surface area contributed by atoms with E-state index in [1.54, 1.807) is 19.1 Å². The molecule has 0 aliphatic heterocycles. The Labute approximate surface area is 107 Å². The number of aromatic carboxylic acids is 1.